The maximum Gasteiger partial charge on any atom is 0.256 e. The van der Waals surface area contributed by atoms with Crippen LogP contribution in [-0.2, 0) is 11.0 Å². The average Bonchev–Trinajstić information content (AvgIpc) is 3.22. The number of hydrogen-bond donors (Lipinski definition) is 1. The van der Waals surface area contributed by atoms with Crippen molar-refractivity contribution in [2.75, 3.05) is 21.0 Å². The predicted molar refractivity (Wildman–Crippen MR) is 131 cm³/mol. The van der Waals surface area contributed by atoms with E-state index in [0.29, 0.717) is 40.7 Å². The number of fused-ring (bicyclic) bond motifs is 2. The standard InChI is InChI=1S/C25H31NO6Si/c1-25(2,3)33(6,7)32-13-16-10-22-23(31-14-30-22)11-17(16)19-8-15-9-20(28-4)21(29-5)12-18(15)24(27)26-19/h8-12H,13-14H2,1-7H3,(H,26,27). The van der Waals surface area contributed by atoms with Crippen molar-refractivity contribution in [1.82, 2.24) is 4.98 Å². The highest BCUT2D eigenvalue weighted by Crippen LogP contribution is 2.41. The number of benzene rings is 2. The zero-order chi connectivity index (χ0) is 24.0. The highest BCUT2D eigenvalue weighted by molar-refractivity contribution is 6.74. The molecule has 0 unspecified atom stereocenters. The van der Waals surface area contributed by atoms with E-state index in [1.807, 2.05) is 24.3 Å². The molecule has 1 aliphatic rings. The van der Waals surface area contributed by atoms with Gasteiger partial charge in [0.05, 0.1) is 26.2 Å². The number of ether oxygens (including phenoxy) is 4. The predicted octanol–water partition coefficient (Wildman–Crippen LogP) is 5.46. The van der Waals surface area contributed by atoms with Crippen molar-refractivity contribution < 1.29 is 23.4 Å². The molecule has 0 amide bonds. The van der Waals surface area contributed by atoms with Crippen LogP contribution in [0.1, 0.15) is 26.3 Å². The van der Waals surface area contributed by atoms with E-state index >= 15 is 0 Å². The van der Waals surface area contributed by atoms with Crippen molar-refractivity contribution in [3.63, 3.8) is 0 Å². The maximum absolute atomic E-state index is 13.0. The molecule has 1 aromatic heterocycles. The molecule has 7 nitrogen and oxygen atoms in total. The largest absolute Gasteiger partial charge is 0.493 e. The van der Waals surface area contributed by atoms with Crippen LogP contribution in [0.5, 0.6) is 23.0 Å². The number of hydrogen-bond acceptors (Lipinski definition) is 6. The van der Waals surface area contributed by atoms with Crippen molar-refractivity contribution in [2.45, 2.75) is 45.5 Å². The first-order valence-electron chi connectivity index (χ1n) is 10.9. The Hall–Kier alpha value is -2.97. The zero-order valence-electron chi connectivity index (χ0n) is 20.3. The van der Waals surface area contributed by atoms with Crippen LogP contribution < -0.4 is 24.5 Å². The fraction of sp³-hybridized carbons (Fsp3) is 0.400. The monoisotopic (exact) mass is 469 g/mol. The third-order valence-corrected chi connectivity index (χ3v) is 11.1. The van der Waals surface area contributed by atoms with Gasteiger partial charge in [0.25, 0.3) is 5.56 Å². The van der Waals surface area contributed by atoms with Gasteiger partial charge in [-0.25, -0.2) is 0 Å². The molecule has 8 heteroatoms. The topological polar surface area (TPSA) is 79.0 Å². The van der Waals surface area contributed by atoms with Gasteiger partial charge < -0.3 is 28.4 Å². The minimum Gasteiger partial charge on any atom is -0.493 e. The van der Waals surface area contributed by atoms with Crippen molar-refractivity contribution >= 4 is 19.1 Å². The second-order valence-corrected chi connectivity index (χ2v) is 14.5. The van der Waals surface area contributed by atoms with Gasteiger partial charge in [0, 0.05) is 11.3 Å². The summed E-state index contributed by atoms with van der Waals surface area (Å²) in [5.74, 6) is 2.40. The van der Waals surface area contributed by atoms with Crippen LogP contribution in [0.4, 0.5) is 0 Å². The van der Waals surface area contributed by atoms with Gasteiger partial charge in [-0.3, -0.25) is 4.79 Å². The van der Waals surface area contributed by atoms with Gasteiger partial charge in [-0.05, 0) is 59.4 Å². The third kappa shape index (κ3) is 4.32. The van der Waals surface area contributed by atoms with Gasteiger partial charge in [0.1, 0.15) is 0 Å². The van der Waals surface area contributed by atoms with Crippen molar-refractivity contribution in [1.29, 1.82) is 0 Å². The Morgan fingerprint density at radius 1 is 0.970 bits per heavy atom. The Kier molecular flexibility index (Phi) is 5.92. The summed E-state index contributed by atoms with van der Waals surface area (Å²) in [5, 5.41) is 1.35. The van der Waals surface area contributed by atoms with Crippen LogP contribution in [0.3, 0.4) is 0 Å². The molecule has 1 aliphatic heterocycles. The van der Waals surface area contributed by atoms with E-state index in [2.05, 4.69) is 38.8 Å². The lowest BCUT2D eigenvalue weighted by Gasteiger charge is -2.36. The lowest BCUT2D eigenvalue weighted by atomic mass is 10.0. The van der Waals surface area contributed by atoms with Gasteiger partial charge in [0.15, 0.2) is 31.3 Å². The van der Waals surface area contributed by atoms with E-state index in [1.54, 1.807) is 20.3 Å². The van der Waals surface area contributed by atoms with E-state index in [4.69, 9.17) is 23.4 Å². The molecule has 0 radical (unpaired) electrons. The van der Waals surface area contributed by atoms with E-state index < -0.39 is 8.32 Å². The fourth-order valence-electron chi connectivity index (χ4n) is 3.57. The summed E-state index contributed by atoms with van der Waals surface area (Å²) in [6.45, 7) is 11.7. The molecule has 33 heavy (non-hydrogen) atoms. The molecule has 0 atom stereocenters. The molecule has 0 spiro atoms. The fourth-order valence-corrected chi connectivity index (χ4v) is 4.52. The molecule has 176 valence electrons. The summed E-state index contributed by atoms with van der Waals surface area (Å²) >= 11 is 0. The first-order chi connectivity index (χ1) is 15.5. The SMILES string of the molecule is COc1cc2cc(-c3cc4c(cc3CO[Si](C)(C)C(C)(C)C)OCO4)[nH]c(=O)c2cc1OC. The molecular formula is C25H31NO6Si. The average molecular weight is 470 g/mol. The Balaban J connectivity index is 1.83. The molecule has 1 N–H and O–H groups in total. The van der Waals surface area contributed by atoms with Crippen LogP contribution in [0.15, 0.2) is 35.1 Å². The number of aromatic amines is 1. The Morgan fingerprint density at radius 3 is 2.24 bits per heavy atom. The normalized spacial score (nSPS) is 13.4. The quantitative estimate of drug-likeness (QED) is 0.483. The number of aromatic nitrogens is 1. The van der Waals surface area contributed by atoms with Crippen LogP contribution in [0.2, 0.25) is 18.1 Å². The molecule has 4 rings (SSSR count). The van der Waals surface area contributed by atoms with E-state index in [-0.39, 0.29) is 17.4 Å². The molecule has 3 aromatic rings. The summed E-state index contributed by atoms with van der Waals surface area (Å²) in [7, 11) is 1.14. The summed E-state index contributed by atoms with van der Waals surface area (Å²) in [4.78, 5) is 16.0. The summed E-state index contributed by atoms with van der Waals surface area (Å²) in [5.41, 5.74) is 2.23. The number of methoxy groups -OCH3 is 2. The first kappa shape index (κ1) is 23.2. The van der Waals surface area contributed by atoms with Crippen LogP contribution in [-0.4, -0.2) is 34.3 Å². The van der Waals surface area contributed by atoms with E-state index in [1.165, 1.54) is 0 Å². The molecule has 2 aromatic carbocycles. The van der Waals surface area contributed by atoms with Gasteiger partial charge >= 0.3 is 0 Å². The van der Waals surface area contributed by atoms with Gasteiger partial charge in [-0.1, -0.05) is 20.8 Å². The lowest BCUT2D eigenvalue weighted by Crippen LogP contribution is -2.40. The molecule has 0 bridgehead atoms. The number of pyridine rings is 1. The van der Waals surface area contributed by atoms with Crippen molar-refractivity contribution in [3.8, 4) is 34.3 Å². The van der Waals surface area contributed by atoms with Crippen LogP contribution in [0.25, 0.3) is 22.0 Å². The smallest absolute Gasteiger partial charge is 0.256 e. The second-order valence-electron chi connectivity index (χ2n) is 9.72. The molecule has 0 saturated heterocycles. The molecule has 0 aliphatic carbocycles. The Morgan fingerprint density at radius 2 is 1.61 bits per heavy atom. The minimum atomic E-state index is -1.99. The summed E-state index contributed by atoms with van der Waals surface area (Å²) < 4.78 is 28.5. The maximum atomic E-state index is 13.0. The third-order valence-electron chi connectivity index (χ3n) is 6.63. The van der Waals surface area contributed by atoms with E-state index in [9.17, 15) is 4.79 Å². The molecular weight excluding hydrogens is 438 g/mol. The van der Waals surface area contributed by atoms with Crippen LogP contribution >= 0.6 is 0 Å². The summed E-state index contributed by atoms with van der Waals surface area (Å²) in [6, 6.07) is 9.29. The lowest BCUT2D eigenvalue weighted by molar-refractivity contribution is 0.174. The number of H-pyrrole nitrogens is 1. The molecule has 2 heterocycles. The molecule has 0 fully saturated rings. The first-order valence-corrected chi connectivity index (χ1v) is 13.8. The molecule has 0 saturated carbocycles. The van der Waals surface area contributed by atoms with Crippen molar-refractivity contribution in [2.24, 2.45) is 0 Å². The number of rotatable bonds is 6. The zero-order valence-corrected chi connectivity index (χ0v) is 21.3. The van der Waals surface area contributed by atoms with Gasteiger partial charge in [-0.2, -0.15) is 0 Å². The summed E-state index contributed by atoms with van der Waals surface area (Å²) in [6.07, 6.45) is 0. The van der Waals surface area contributed by atoms with E-state index in [0.717, 1.165) is 16.5 Å². The minimum absolute atomic E-state index is 0.0797. The van der Waals surface area contributed by atoms with Crippen molar-refractivity contribution in [3.05, 3.63) is 46.2 Å². The Labute approximate surface area is 194 Å². The Bertz CT molecular complexity index is 1260. The highest BCUT2D eigenvalue weighted by Gasteiger charge is 2.37. The van der Waals surface area contributed by atoms with Gasteiger partial charge in [-0.15, -0.1) is 0 Å². The van der Waals surface area contributed by atoms with Gasteiger partial charge in [0.2, 0.25) is 6.79 Å². The van der Waals surface area contributed by atoms with Crippen LogP contribution in [0, 0.1) is 0 Å². The second kappa shape index (κ2) is 8.42. The highest BCUT2D eigenvalue weighted by atomic mass is 28.4. The number of nitrogens with one attached hydrogen (secondary N) is 1.